The van der Waals surface area contributed by atoms with E-state index in [0.717, 1.165) is 11.1 Å². The lowest BCUT2D eigenvalue weighted by Crippen LogP contribution is -2.52. The van der Waals surface area contributed by atoms with Gasteiger partial charge in [0.2, 0.25) is 17.7 Å². The summed E-state index contributed by atoms with van der Waals surface area (Å²) in [7, 11) is 0. The van der Waals surface area contributed by atoms with Gasteiger partial charge in [-0.15, -0.1) is 11.3 Å². The molecule has 35 heavy (non-hydrogen) atoms. The number of nitriles is 1. The quantitative estimate of drug-likeness (QED) is 0.557. The van der Waals surface area contributed by atoms with Gasteiger partial charge in [0, 0.05) is 37.2 Å². The molecular weight excluding hydrogens is 500 g/mol. The first-order valence-corrected chi connectivity index (χ1v) is 12.8. The second kappa shape index (κ2) is 9.06. The molecule has 0 spiro atoms. The maximum absolute atomic E-state index is 14.2. The first-order chi connectivity index (χ1) is 16.7. The minimum atomic E-state index is -2.90. The highest BCUT2D eigenvalue weighted by molar-refractivity contribution is 7.17. The number of aromatic amines is 1. The zero-order valence-electron chi connectivity index (χ0n) is 18.7. The Morgan fingerprint density at radius 3 is 2.91 bits per heavy atom. The average Bonchev–Trinajstić information content (AvgIpc) is 3.54. The number of likely N-dealkylation sites (tertiary alicyclic amines) is 1. The monoisotopic (exact) mass is 523 g/mol. The van der Waals surface area contributed by atoms with Crippen LogP contribution in [0.5, 0.6) is 0 Å². The number of amides is 3. The summed E-state index contributed by atoms with van der Waals surface area (Å²) < 4.78 is 29.2. The third-order valence-corrected chi connectivity index (χ3v) is 8.69. The molecule has 0 radical (unpaired) electrons. The van der Waals surface area contributed by atoms with Crippen LogP contribution >= 0.6 is 22.9 Å². The summed E-state index contributed by atoms with van der Waals surface area (Å²) in [4.78, 5) is 43.2. The Hall–Kier alpha value is -2.71. The molecule has 12 heteroatoms. The summed E-state index contributed by atoms with van der Waals surface area (Å²) in [6.45, 7) is 0.608. The van der Waals surface area contributed by atoms with Crippen molar-refractivity contribution in [1.82, 2.24) is 20.5 Å². The smallest absolute Gasteiger partial charge is 0.271 e. The molecule has 0 aromatic carbocycles. The molecule has 2 saturated heterocycles. The number of hydrogen-bond donors (Lipinski definition) is 3. The molecule has 0 bridgehead atoms. The van der Waals surface area contributed by atoms with Gasteiger partial charge in [-0.25, -0.2) is 8.78 Å². The molecular formula is C23H24ClF2N5O3S. The SMILES string of the molecule is N#C[C@@H](C[C@H]1CCCNC1=O)NC(=O)[C@@H]1[C@H]2CC(F)(F)C[C@H]2CN1C(=O)c1cc2scc(Cl)c2[nH]1. The van der Waals surface area contributed by atoms with Gasteiger partial charge in [-0.05, 0) is 37.2 Å². The van der Waals surface area contributed by atoms with Gasteiger partial charge in [0.25, 0.3) is 5.91 Å². The molecule has 1 saturated carbocycles. The Labute approximate surface area is 209 Å². The van der Waals surface area contributed by atoms with Gasteiger partial charge in [0.1, 0.15) is 17.8 Å². The van der Waals surface area contributed by atoms with Crippen molar-refractivity contribution in [3.8, 4) is 6.07 Å². The van der Waals surface area contributed by atoms with E-state index < -0.39 is 54.0 Å². The normalized spacial score (nSPS) is 28.4. The van der Waals surface area contributed by atoms with Crippen molar-refractivity contribution in [1.29, 1.82) is 5.26 Å². The lowest BCUT2D eigenvalue weighted by atomic mass is 9.90. The number of thiophene rings is 1. The molecule has 3 N–H and O–H groups in total. The van der Waals surface area contributed by atoms with Crippen molar-refractivity contribution in [2.45, 2.75) is 50.1 Å². The number of H-pyrrole nitrogens is 1. The molecule has 3 aliphatic rings. The highest BCUT2D eigenvalue weighted by Gasteiger charge is 2.58. The number of halogens is 3. The number of nitrogens with one attached hydrogen (secondary N) is 3. The highest BCUT2D eigenvalue weighted by atomic mass is 35.5. The maximum Gasteiger partial charge on any atom is 0.271 e. The second-order valence-electron chi connectivity index (χ2n) is 9.65. The van der Waals surface area contributed by atoms with Crippen molar-refractivity contribution in [2.24, 2.45) is 17.8 Å². The maximum atomic E-state index is 14.2. The minimum absolute atomic E-state index is 0.0276. The van der Waals surface area contributed by atoms with Crippen LogP contribution in [0.3, 0.4) is 0 Å². The van der Waals surface area contributed by atoms with Crippen molar-refractivity contribution in [2.75, 3.05) is 13.1 Å². The largest absolute Gasteiger partial charge is 0.356 e. The standard InChI is InChI=1S/C23H24ClF2N5O3S/c24-15-10-35-17-5-16(30-18(15)17)22(34)31-9-12-6-23(25,26)7-14(12)19(31)21(33)29-13(8-27)4-11-2-1-3-28-20(11)32/h5,10-14,19,30H,1-4,6-7,9H2,(H,28,32)(H,29,33)/t11-,12+,13-,14+,19+/m1/s1. The van der Waals surface area contributed by atoms with Crippen LogP contribution in [0.4, 0.5) is 8.78 Å². The van der Waals surface area contributed by atoms with E-state index in [1.54, 1.807) is 11.4 Å². The molecule has 1 aliphatic carbocycles. The van der Waals surface area contributed by atoms with Gasteiger partial charge < -0.3 is 20.5 Å². The van der Waals surface area contributed by atoms with Crippen molar-refractivity contribution < 1.29 is 23.2 Å². The van der Waals surface area contributed by atoms with E-state index in [2.05, 4.69) is 15.6 Å². The van der Waals surface area contributed by atoms with E-state index in [1.165, 1.54) is 16.2 Å². The third-order valence-electron chi connectivity index (χ3n) is 7.33. The van der Waals surface area contributed by atoms with E-state index in [4.69, 9.17) is 11.6 Å². The molecule has 0 unspecified atom stereocenters. The summed E-state index contributed by atoms with van der Waals surface area (Å²) in [6, 6.07) is 1.56. The van der Waals surface area contributed by atoms with E-state index >= 15 is 0 Å². The topological polar surface area (TPSA) is 118 Å². The number of nitrogens with zero attached hydrogens (tertiary/aromatic N) is 2. The Kier molecular flexibility index (Phi) is 6.21. The molecule has 5 atom stereocenters. The molecule has 3 amide bonds. The van der Waals surface area contributed by atoms with Crippen LogP contribution in [0.2, 0.25) is 5.02 Å². The summed E-state index contributed by atoms with van der Waals surface area (Å²) >= 11 is 7.52. The molecule has 5 rings (SSSR count). The Bertz CT molecular complexity index is 1220. The van der Waals surface area contributed by atoms with Crippen LogP contribution in [0.15, 0.2) is 11.4 Å². The number of fused-ring (bicyclic) bond motifs is 2. The van der Waals surface area contributed by atoms with Gasteiger partial charge >= 0.3 is 0 Å². The zero-order chi connectivity index (χ0) is 24.9. The van der Waals surface area contributed by atoms with Crippen molar-refractivity contribution in [3.63, 3.8) is 0 Å². The molecule has 186 valence electrons. The van der Waals surface area contributed by atoms with Gasteiger partial charge in [-0.1, -0.05) is 11.6 Å². The average molecular weight is 524 g/mol. The minimum Gasteiger partial charge on any atom is -0.356 e. The number of alkyl halides is 2. The molecule has 2 aliphatic heterocycles. The van der Waals surface area contributed by atoms with Crippen LogP contribution in [0.25, 0.3) is 10.2 Å². The van der Waals surface area contributed by atoms with Crippen molar-refractivity contribution >= 4 is 50.9 Å². The lowest BCUT2D eigenvalue weighted by Gasteiger charge is -2.29. The Morgan fingerprint density at radius 2 is 2.20 bits per heavy atom. The van der Waals surface area contributed by atoms with Gasteiger partial charge in [0.15, 0.2) is 0 Å². The molecule has 8 nitrogen and oxygen atoms in total. The van der Waals surface area contributed by atoms with Gasteiger partial charge in [-0.2, -0.15) is 5.26 Å². The Morgan fingerprint density at radius 1 is 1.40 bits per heavy atom. The lowest BCUT2D eigenvalue weighted by molar-refractivity contribution is -0.129. The van der Waals surface area contributed by atoms with Crippen LogP contribution in [0.1, 0.15) is 42.6 Å². The van der Waals surface area contributed by atoms with Crippen molar-refractivity contribution in [3.05, 3.63) is 22.2 Å². The number of hydrogen-bond acceptors (Lipinski definition) is 5. The summed E-state index contributed by atoms with van der Waals surface area (Å²) in [5, 5.41) is 17.2. The number of carbonyl (C=O) groups excluding carboxylic acids is 3. The number of aromatic nitrogens is 1. The van der Waals surface area contributed by atoms with Crippen LogP contribution < -0.4 is 10.6 Å². The van der Waals surface area contributed by atoms with Crippen LogP contribution in [0, 0.1) is 29.1 Å². The first kappa shape index (κ1) is 24.0. The number of rotatable bonds is 5. The predicted molar refractivity (Wildman–Crippen MR) is 125 cm³/mol. The molecule has 4 heterocycles. The summed E-state index contributed by atoms with van der Waals surface area (Å²) in [5.74, 6) is -5.82. The summed E-state index contributed by atoms with van der Waals surface area (Å²) in [5.41, 5.74) is 0.844. The molecule has 2 aromatic rings. The number of piperidine rings is 1. The molecule has 3 fully saturated rings. The van der Waals surface area contributed by atoms with Gasteiger partial charge in [0.05, 0.1) is 21.3 Å². The predicted octanol–water partition coefficient (Wildman–Crippen LogP) is 3.29. The fourth-order valence-corrected chi connectivity index (χ4v) is 6.89. The van der Waals surface area contributed by atoms with Gasteiger partial charge in [-0.3, -0.25) is 14.4 Å². The van der Waals surface area contributed by atoms with Crippen LogP contribution in [-0.4, -0.2) is 58.7 Å². The second-order valence-corrected chi connectivity index (χ2v) is 11.0. The fourth-order valence-electron chi connectivity index (χ4n) is 5.74. The van der Waals surface area contributed by atoms with E-state index in [-0.39, 0.29) is 31.0 Å². The van der Waals surface area contributed by atoms with E-state index in [1.807, 2.05) is 6.07 Å². The number of carbonyl (C=O) groups is 3. The fraction of sp³-hybridized carbons (Fsp3) is 0.565. The van der Waals surface area contributed by atoms with Crippen LogP contribution in [-0.2, 0) is 9.59 Å². The van der Waals surface area contributed by atoms with E-state index in [0.29, 0.717) is 23.5 Å². The zero-order valence-corrected chi connectivity index (χ0v) is 20.2. The highest BCUT2D eigenvalue weighted by Crippen LogP contribution is 2.50. The molecule has 2 aromatic heterocycles. The third kappa shape index (κ3) is 4.49. The summed E-state index contributed by atoms with van der Waals surface area (Å²) in [6.07, 6.45) is 0.639. The first-order valence-electron chi connectivity index (χ1n) is 11.6. The Balaban J connectivity index is 1.37. The van der Waals surface area contributed by atoms with E-state index in [9.17, 15) is 28.4 Å².